The number of nitrogens with zero attached hydrogens (tertiary/aromatic N) is 3. The van der Waals surface area contributed by atoms with Gasteiger partial charge in [-0.25, -0.2) is 18.2 Å². The average Bonchev–Trinajstić information content (AvgIpc) is 3.14. The molecule has 176 valence electrons. The molecule has 3 rings (SSSR count). The summed E-state index contributed by atoms with van der Waals surface area (Å²) >= 11 is 0. The van der Waals surface area contributed by atoms with E-state index in [1.165, 1.54) is 11.4 Å². The topological polar surface area (TPSA) is 120 Å². The summed E-state index contributed by atoms with van der Waals surface area (Å²) in [6.45, 7) is 7.15. The number of aryl methyl sites for hydroxylation is 2. The standard InChI is InChI=1S/C21H30N4O6S/c1-5-25-17-7-6-15(32(28,29)24-10-12-31-13-11-24)14-16(17)22-18(25)8-9-19(26)23-21(2,3)20(27)30-4/h6-7,14H,5,8-13H2,1-4H3,(H,23,26). The highest BCUT2D eigenvalue weighted by molar-refractivity contribution is 7.89. The van der Waals surface area contributed by atoms with Crippen LogP contribution in [0.3, 0.4) is 0 Å². The number of hydrogen-bond acceptors (Lipinski definition) is 7. The summed E-state index contributed by atoms with van der Waals surface area (Å²) in [6.07, 6.45) is 0.472. The van der Waals surface area contributed by atoms with Crippen molar-refractivity contribution in [1.82, 2.24) is 19.2 Å². The Bertz CT molecular complexity index is 1100. The number of imidazole rings is 1. The lowest BCUT2D eigenvalue weighted by molar-refractivity contribution is -0.149. The number of hydrogen-bond donors (Lipinski definition) is 1. The maximum Gasteiger partial charge on any atom is 0.330 e. The molecule has 1 fully saturated rings. The molecule has 1 aliphatic rings. The molecular weight excluding hydrogens is 436 g/mol. The van der Waals surface area contributed by atoms with Gasteiger partial charge in [-0.3, -0.25) is 4.79 Å². The molecule has 10 nitrogen and oxygen atoms in total. The lowest BCUT2D eigenvalue weighted by Crippen LogP contribution is -2.50. The van der Waals surface area contributed by atoms with Crippen molar-refractivity contribution in [2.45, 2.75) is 50.6 Å². The van der Waals surface area contributed by atoms with Crippen molar-refractivity contribution in [1.29, 1.82) is 0 Å². The zero-order valence-corrected chi connectivity index (χ0v) is 19.7. The van der Waals surface area contributed by atoms with Crippen LogP contribution in [0, 0.1) is 0 Å². The fraction of sp³-hybridized carbons (Fsp3) is 0.571. The van der Waals surface area contributed by atoms with E-state index >= 15 is 0 Å². The van der Waals surface area contributed by atoms with E-state index in [2.05, 4.69) is 10.3 Å². The summed E-state index contributed by atoms with van der Waals surface area (Å²) in [4.78, 5) is 29.0. The summed E-state index contributed by atoms with van der Waals surface area (Å²) in [5, 5.41) is 2.67. The van der Waals surface area contributed by atoms with Crippen molar-refractivity contribution in [3.05, 3.63) is 24.0 Å². The molecule has 0 saturated carbocycles. The summed E-state index contributed by atoms with van der Waals surface area (Å²) < 4.78 is 39.3. The molecule has 11 heteroatoms. The number of amides is 1. The van der Waals surface area contributed by atoms with Gasteiger partial charge in [-0.05, 0) is 39.0 Å². The third-order valence-corrected chi connectivity index (χ3v) is 7.34. The molecular formula is C21H30N4O6S. The van der Waals surface area contributed by atoms with Crippen molar-refractivity contribution < 1.29 is 27.5 Å². The fourth-order valence-electron chi connectivity index (χ4n) is 3.74. The first-order valence-electron chi connectivity index (χ1n) is 10.6. The highest BCUT2D eigenvalue weighted by Crippen LogP contribution is 2.24. The number of rotatable bonds is 8. The first kappa shape index (κ1) is 24.1. The molecule has 0 radical (unpaired) electrons. The number of nitrogens with one attached hydrogen (secondary N) is 1. The fourth-order valence-corrected chi connectivity index (χ4v) is 5.17. The zero-order valence-electron chi connectivity index (χ0n) is 18.9. The molecule has 1 aromatic heterocycles. The monoisotopic (exact) mass is 466 g/mol. The quantitative estimate of drug-likeness (QED) is 0.578. The smallest absolute Gasteiger partial charge is 0.330 e. The van der Waals surface area contributed by atoms with E-state index in [1.54, 1.807) is 32.0 Å². The Morgan fingerprint density at radius 2 is 1.94 bits per heavy atom. The number of methoxy groups -OCH3 is 1. The molecule has 1 saturated heterocycles. The van der Waals surface area contributed by atoms with Gasteiger partial charge < -0.3 is 19.4 Å². The number of aromatic nitrogens is 2. The molecule has 2 heterocycles. The molecule has 1 aromatic carbocycles. The zero-order chi connectivity index (χ0) is 23.5. The van der Waals surface area contributed by atoms with Gasteiger partial charge in [-0.15, -0.1) is 0 Å². The van der Waals surface area contributed by atoms with Crippen LogP contribution in [0.1, 0.15) is 33.0 Å². The van der Waals surface area contributed by atoms with Crippen molar-refractivity contribution in [2.24, 2.45) is 0 Å². The number of fused-ring (bicyclic) bond motifs is 1. The Hall–Kier alpha value is -2.50. The molecule has 32 heavy (non-hydrogen) atoms. The van der Waals surface area contributed by atoms with E-state index in [0.29, 0.717) is 50.6 Å². The van der Waals surface area contributed by atoms with Crippen LogP contribution in [0.5, 0.6) is 0 Å². The van der Waals surface area contributed by atoms with Gasteiger partial charge in [0.1, 0.15) is 11.4 Å². The highest BCUT2D eigenvalue weighted by atomic mass is 32.2. The van der Waals surface area contributed by atoms with E-state index in [-0.39, 0.29) is 17.2 Å². The lowest BCUT2D eigenvalue weighted by atomic mass is 10.1. The normalized spacial score (nSPS) is 15.6. The summed E-state index contributed by atoms with van der Waals surface area (Å²) in [5.41, 5.74) is 0.240. The van der Waals surface area contributed by atoms with Crippen LogP contribution in [0.4, 0.5) is 0 Å². The Morgan fingerprint density at radius 3 is 2.56 bits per heavy atom. The molecule has 0 spiro atoms. The van der Waals surface area contributed by atoms with Crippen LogP contribution in [0.15, 0.2) is 23.1 Å². The minimum atomic E-state index is -3.62. The molecule has 0 aliphatic carbocycles. The summed E-state index contributed by atoms with van der Waals surface area (Å²) in [5.74, 6) is -0.152. The number of benzene rings is 1. The molecule has 0 bridgehead atoms. The average molecular weight is 467 g/mol. The van der Waals surface area contributed by atoms with Gasteiger partial charge in [-0.2, -0.15) is 4.31 Å². The van der Waals surface area contributed by atoms with Gasteiger partial charge >= 0.3 is 5.97 Å². The Labute approximate surface area is 187 Å². The largest absolute Gasteiger partial charge is 0.467 e. The van der Waals surface area contributed by atoms with Gasteiger partial charge in [0.2, 0.25) is 15.9 Å². The first-order chi connectivity index (χ1) is 15.1. The maximum atomic E-state index is 13.0. The van der Waals surface area contributed by atoms with Crippen molar-refractivity contribution in [2.75, 3.05) is 33.4 Å². The molecule has 2 aromatic rings. The van der Waals surface area contributed by atoms with E-state index in [0.717, 1.165) is 5.52 Å². The number of ether oxygens (including phenoxy) is 2. The van der Waals surface area contributed by atoms with Crippen LogP contribution in [-0.4, -0.2) is 73.1 Å². The second-order valence-electron chi connectivity index (χ2n) is 8.10. The Morgan fingerprint density at radius 1 is 1.25 bits per heavy atom. The Balaban J connectivity index is 1.80. The van der Waals surface area contributed by atoms with Crippen molar-refractivity contribution in [3.8, 4) is 0 Å². The number of sulfonamides is 1. The Kier molecular flexibility index (Phi) is 7.21. The van der Waals surface area contributed by atoms with E-state index in [1.807, 2.05) is 11.5 Å². The summed E-state index contributed by atoms with van der Waals surface area (Å²) in [6, 6.07) is 4.93. The second kappa shape index (κ2) is 9.55. The minimum absolute atomic E-state index is 0.128. The van der Waals surface area contributed by atoms with Crippen LogP contribution < -0.4 is 5.32 Å². The van der Waals surface area contributed by atoms with Crippen LogP contribution in [0.2, 0.25) is 0 Å². The predicted molar refractivity (Wildman–Crippen MR) is 118 cm³/mol. The first-order valence-corrected chi connectivity index (χ1v) is 12.0. The van der Waals surface area contributed by atoms with E-state index in [9.17, 15) is 18.0 Å². The third kappa shape index (κ3) is 4.94. The molecule has 0 atom stereocenters. The van der Waals surface area contributed by atoms with Gasteiger partial charge in [0.25, 0.3) is 0 Å². The number of esters is 1. The van der Waals surface area contributed by atoms with Crippen LogP contribution in [0.25, 0.3) is 11.0 Å². The second-order valence-corrected chi connectivity index (χ2v) is 10.0. The minimum Gasteiger partial charge on any atom is -0.467 e. The van der Waals surface area contributed by atoms with Crippen LogP contribution >= 0.6 is 0 Å². The van der Waals surface area contributed by atoms with E-state index < -0.39 is 21.5 Å². The van der Waals surface area contributed by atoms with Gasteiger partial charge in [-0.1, -0.05) is 0 Å². The molecule has 1 N–H and O–H groups in total. The van der Waals surface area contributed by atoms with Gasteiger partial charge in [0, 0.05) is 32.5 Å². The number of morpholine rings is 1. The van der Waals surface area contributed by atoms with Crippen molar-refractivity contribution >= 4 is 32.9 Å². The van der Waals surface area contributed by atoms with E-state index in [4.69, 9.17) is 9.47 Å². The number of carbonyl (C=O) groups is 2. The number of carbonyl (C=O) groups excluding carboxylic acids is 2. The maximum absolute atomic E-state index is 13.0. The summed E-state index contributed by atoms with van der Waals surface area (Å²) in [7, 11) is -2.35. The molecule has 1 amide bonds. The molecule has 0 unspecified atom stereocenters. The third-order valence-electron chi connectivity index (χ3n) is 5.45. The van der Waals surface area contributed by atoms with Gasteiger partial charge in [0.05, 0.1) is 36.3 Å². The lowest BCUT2D eigenvalue weighted by Gasteiger charge is -2.26. The van der Waals surface area contributed by atoms with Crippen molar-refractivity contribution in [3.63, 3.8) is 0 Å². The van der Waals surface area contributed by atoms with Crippen LogP contribution in [-0.2, 0) is 42.1 Å². The van der Waals surface area contributed by atoms with Gasteiger partial charge in [0.15, 0.2) is 0 Å². The highest BCUT2D eigenvalue weighted by Gasteiger charge is 2.30. The predicted octanol–water partition coefficient (Wildman–Crippen LogP) is 1.08. The SMILES string of the molecule is CCn1c(CCC(=O)NC(C)(C)C(=O)OC)nc2cc(S(=O)(=O)N3CCOCC3)ccc21. The molecule has 1 aliphatic heterocycles.